The topological polar surface area (TPSA) is 115 Å². The van der Waals surface area contributed by atoms with Gasteiger partial charge in [0.2, 0.25) is 0 Å². The third kappa shape index (κ3) is 3.70. The van der Waals surface area contributed by atoms with Crippen LogP contribution in [0.3, 0.4) is 0 Å². The van der Waals surface area contributed by atoms with Crippen LogP contribution in [0.2, 0.25) is 0 Å². The van der Waals surface area contributed by atoms with E-state index in [4.69, 9.17) is 0 Å². The second kappa shape index (κ2) is 6.93. The van der Waals surface area contributed by atoms with Crippen LogP contribution < -0.4 is 29.6 Å². The fraction of sp³-hybridized carbons (Fsp3) is 0.154. The molecule has 0 spiro atoms. The number of imide groups is 2. The van der Waals surface area contributed by atoms with Crippen molar-refractivity contribution in [3.05, 3.63) is 35.4 Å². The van der Waals surface area contributed by atoms with Crippen molar-refractivity contribution in [2.75, 3.05) is 14.1 Å². The predicted molar refractivity (Wildman–Crippen MR) is 73.3 cm³/mol. The van der Waals surface area contributed by atoms with Gasteiger partial charge in [-0.1, -0.05) is 18.2 Å². The summed E-state index contributed by atoms with van der Waals surface area (Å²) in [4.78, 5) is 36.5. The van der Waals surface area contributed by atoms with E-state index in [2.05, 4.69) is 0 Å². The summed E-state index contributed by atoms with van der Waals surface area (Å²) in [7, 11) is -2.38. The number of rotatable bonds is 2. The van der Waals surface area contributed by atoms with Gasteiger partial charge in [-0.15, -0.1) is 0 Å². The van der Waals surface area contributed by atoms with Gasteiger partial charge >= 0.3 is 35.6 Å². The number of benzene rings is 1. The Labute approximate surface area is 154 Å². The molecule has 1 fully saturated rings. The van der Waals surface area contributed by atoms with Crippen molar-refractivity contribution in [2.24, 2.45) is 0 Å². The van der Waals surface area contributed by atoms with Crippen molar-refractivity contribution in [3.63, 3.8) is 0 Å². The maximum Gasteiger partial charge on any atom is 1.00 e. The quantitative estimate of drug-likeness (QED) is 0.244. The Morgan fingerprint density at radius 1 is 1.00 bits per heavy atom. The third-order valence-electron chi connectivity index (χ3n) is 3.13. The van der Waals surface area contributed by atoms with Gasteiger partial charge in [-0.2, -0.15) is 0 Å². The Kier molecular flexibility index (Phi) is 5.89. The number of carbonyl (C=O) groups excluding carboxylic acids is 3. The molecular weight excluding hydrogens is 335 g/mol. The monoisotopic (exact) mass is 346 g/mol. The third-order valence-corrected chi connectivity index (χ3v) is 4.04. The molecule has 1 saturated heterocycles. The zero-order chi connectivity index (χ0) is 16.7. The molecular formula is C13H11N2NaO6S. The number of amides is 4. The predicted octanol–water partition coefficient (Wildman–Crippen LogP) is -2.97. The van der Waals surface area contributed by atoms with E-state index >= 15 is 0 Å². The van der Waals surface area contributed by atoms with Gasteiger partial charge in [-0.3, -0.25) is 19.4 Å². The van der Waals surface area contributed by atoms with Gasteiger partial charge in [0.1, 0.15) is 15.7 Å². The molecule has 1 aromatic carbocycles. The molecule has 1 aliphatic rings. The van der Waals surface area contributed by atoms with E-state index in [0.29, 0.717) is 0 Å². The number of carbonyl (C=O) groups is 3. The fourth-order valence-electron chi connectivity index (χ4n) is 1.96. The second-order valence-corrected chi connectivity index (χ2v) is 5.91. The second-order valence-electron chi connectivity index (χ2n) is 4.56. The van der Waals surface area contributed by atoms with Crippen molar-refractivity contribution in [1.29, 1.82) is 0 Å². The molecule has 0 atom stereocenters. The van der Waals surface area contributed by atoms with Crippen LogP contribution >= 0.6 is 0 Å². The van der Waals surface area contributed by atoms with Crippen molar-refractivity contribution < 1.29 is 56.9 Å². The average molecular weight is 346 g/mol. The summed E-state index contributed by atoms with van der Waals surface area (Å²) in [6.45, 7) is 0. The largest absolute Gasteiger partial charge is 1.00 e. The minimum Gasteiger partial charge on any atom is -0.744 e. The van der Waals surface area contributed by atoms with E-state index in [0.717, 1.165) is 21.9 Å². The van der Waals surface area contributed by atoms with Crippen molar-refractivity contribution in [2.45, 2.75) is 4.90 Å². The summed E-state index contributed by atoms with van der Waals surface area (Å²) >= 11 is 0. The molecule has 0 saturated carbocycles. The van der Waals surface area contributed by atoms with Crippen LogP contribution in [0.1, 0.15) is 5.56 Å². The van der Waals surface area contributed by atoms with Crippen LogP contribution in [0.5, 0.6) is 0 Å². The summed E-state index contributed by atoms with van der Waals surface area (Å²) in [6.07, 6.45) is 0.995. The number of hydrogen-bond acceptors (Lipinski definition) is 6. The minimum atomic E-state index is -4.77. The molecule has 8 nitrogen and oxygen atoms in total. The fourth-order valence-corrected chi connectivity index (χ4v) is 2.62. The Hall–Kier alpha value is -1.52. The van der Waals surface area contributed by atoms with E-state index in [1.807, 2.05) is 0 Å². The molecule has 23 heavy (non-hydrogen) atoms. The maximum absolute atomic E-state index is 12.0. The molecule has 2 rings (SSSR count). The van der Waals surface area contributed by atoms with E-state index < -0.39 is 38.4 Å². The van der Waals surface area contributed by atoms with Gasteiger partial charge in [-0.05, 0) is 17.7 Å². The molecule has 10 heteroatoms. The maximum atomic E-state index is 12.0. The van der Waals surface area contributed by atoms with Crippen LogP contribution in [-0.4, -0.2) is 54.7 Å². The van der Waals surface area contributed by atoms with Crippen molar-refractivity contribution in [1.82, 2.24) is 9.80 Å². The SMILES string of the molecule is CN1C(=O)C(=Cc2ccccc2S(=O)(=O)[O-])C(=O)N(C)C1=O.[Na+]. The summed E-state index contributed by atoms with van der Waals surface area (Å²) in [5, 5.41) is 0. The van der Waals surface area contributed by atoms with Gasteiger partial charge in [0.15, 0.2) is 0 Å². The first-order chi connectivity index (χ1) is 10.1. The molecule has 0 N–H and O–H groups in total. The molecule has 0 radical (unpaired) electrons. The van der Waals surface area contributed by atoms with E-state index in [9.17, 15) is 27.4 Å². The average Bonchev–Trinajstić information content (AvgIpc) is 2.47. The first-order valence-electron chi connectivity index (χ1n) is 6.01. The van der Waals surface area contributed by atoms with Crippen molar-refractivity contribution >= 4 is 34.0 Å². The molecule has 0 aliphatic carbocycles. The molecule has 0 bridgehead atoms. The first kappa shape index (κ1) is 19.5. The minimum absolute atomic E-state index is 0. The summed E-state index contributed by atoms with van der Waals surface area (Å²) < 4.78 is 33.6. The Balaban J connectivity index is 0.00000264. The van der Waals surface area contributed by atoms with Crippen LogP contribution in [0.25, 0.3) is 6.08 Å². The molecule has 1 heterocycles. The Morgan fingerprint density at radius 2 is 1.48 bits per heavy atom. The number of urea groups is 1. The summed E-state index contributed by atoms with van der Waals surface area (Å²) in [6, 6.07) is 4.37. The Morgan fingerprint density at radius 3 is 1.96 bits per heavy atom. The van der Waals surface area contributed by atoms with E-state index in [-0.39, 0.29) is 35.1 Å². The van der Waals surface area contributed by atoms with Crippen LogP contribution in [0.4, 0.5) is 4.79 Å². The number of likely N-dealkylation sites (N-methyl/N-ethyl adjacent to an activating group) is 2. The smallest absolute Gasteiger partial charge is 0.744 e. The zero-order valence-electron chi connectivity index (χ0n) is 12.6. The van der Waals surface area contributed by atoms with Crippen LogP contribution in [0.15, 0.2) is 34.7 Å². The number of hydrogen-bond donors (Lipinski definition) is 0. The van der Waals surface area contributed by atoms with Gasteiger partial charge < -0.3 is 4.55 Å². The zero-order valence-corrected chi connectivity index (χ0v) is 15.5. The number of barbiturate groups is 1. The van der Waals surface area contributed by atoms with Gasteiger partial charge in [0.05, 0.1) is 4.90 Å². The van der Waals surface area contributed by atoms with Gasteiger partial charge in [-0.25, -0.2) is 13.2 Å². The Bertz CT molecular complexity index is 792. The van der Waals surface area contributed by atoms with Gasteiger partial charge in [0, 0.05) is 14.1 Å². The summed E-state index contributed by atoms with van der Waals surface area (Å²) in [5.41, 5.74) is -0.494. The van der Waals surface area contributed by atoms with Crippen LogP contribution in [0, 0.1) is 0 Å². The molecule has 1 aliphatic heterocycles. The normalized spacial score (nSPS) is 15.6. The molecule has 0 aromatic heterocycles. The molecule has 4 amide bonds. The van der Waals surface area contributed by atoms with Gasteiger partial charge in [0.25, 0.3) is 11.8 Å². The molecule has 0 unspecified atom stereocenters. The van der Waals surface area contributed by atoms with E-state index in [1.54, 1.807) is 0 Å². The first-order valence-corrected chi connectivity index (χ1v) is 7.42. The summed E-state index contributed by atoms with van der Waals surface area (Å²) in [5.74, 6) is -1.74. The number of nitrogens with zero attached hydrogens (tertiary/aromatic N) is 2. The molecule has 1 aromatic rings. The van der Waals surface area contributed by atoms with Crippen molar-refractivity contribution in [3.8, 4) is 0 Å². The standard InChI is InChI=1S/C13H12N2O6S.Na/c1-14-11(16)9(12(17)15(2)13(14)18)7-8-5-3-4-6-10(8)22(19,20)21;/h3-7H,1-2H3,(H,19,20,21);/q;+1/p-1. The van der Waals surface area contributed by atoms with E-state index in [1.165, 1.54) is 32.3 Å². The van der Waals surface area contributed by atoms with Crippen LogP contribution in [-0.2, 0) is 19.7 Å². The molecule has 116 valence electrons.